The van der Waals surface area contributed by atoms with Crippen LogP contribution in [0.3, 0.4) is 0 Å². The molecule has 1 saturated carbocycles. The van der Waals surface area contributed by atoms with Crippen LogP contribution in [0.15, 0.2) is 39.6 Å². The molecular formula is C20H26ClN3O3S. The number of carbonyl (C=O) groups is 2. The van der Waals surface area contributed by atoms with Crippen LogP contribution >= 0.6 is 23.7 Å². The van der Waals surface area contributed by atoms with Crippen LogP contribution in [0.2, 0.25) is 0 Å². The number of nitrogens with zero attached hydrogens (tertiary/aromatic N) is 1. The average molecular weight is 424 g/mol. The molecule has 1 aliphatic carbocycles. The Labute approximate surface area is 175 Å². The molecule has 1 atom stereocenters. The second-order valence-electron chi connectivity index (χ2n) is 7.47. The van der Waals surface area contributed by atoms with Crippen LogP contribution in [0.5, 0.6) is 0 Å². The van der Waals surface area contributed by atoms with E-state index in [0.717, 1.165) is 32.4 Å². The lowest BCUT2D eigenvalue weighted by Gasteiger charge is -2.29. The van der Waals surface area contributed by atoms with Gasteiger partial charge in [-0.15, -0.1) is 12.4 Å². The highest BCUT2D eigenvalue weighted by atomic mass is 35.5. The summed E-state index contributed by atoms with van der Waals surface area (Å²) in [4.78, 5) is 27.0. The zero-order chi connectivity index (χ0) is 18.7. The van der Waals surface area contributed by atoms with Crippen molar-refractivity contribution in [3.8, 4) is 0 Å². The number of carbonyl (C=O) groups excluding carboxylic acids is 2. The summed E-state index contributed by atoms with van der Waals surface area (Å²) in [7, 11) is 0. The quantitative estimate of drug-likeness (QED) is 0.717. The van der Waals surface area contributed by atoms with E-state index >= 15 is 0 Å². The van der Waals surface area contributed by atoms with E-state index in [9.17, 15) is 9.59 Å². The summed E-state index contributed by atoms with van der Waals surface area (Å²) in [5.74, 6) is 0.105. The van der Waals surface area contributed by atoms with Crippen molar-refractivity contribution in [2.75, 3.05) is 19.6 Å². The van der Waals surface area contributed by atoms with E-state index in [1.54, 1.807) is 23.5 Å². The van der Waals surface area contributed by atoms with Gasteiger partial charge in [-0.3, -0.25) is 9.59 Å². The second-order valence-corrected chi connectivity index (χ2v) is 8.25. The number of furan rings is 1. The Morgan fingerprint density at radius 2 is 2.14 bits per heavy atom. The molecule has 1 saturated heterocycles. The van der Waals surface area contributed by atoms with Gasteiger partial charge in [0.25, 0.3) is 5.91 Å². The lowest BCUT2D eigenvalue weighted by Crippen LogP contribution is -2.40. The highest BCUT2D eigenvalue weighted by Gasteiger charge is 2.57. The van der Waals surface area contributed by atoms with Gasteiger partial charge in [0.05, 0.1) is 6.26 Å². The van der Waals surface area contributed by atoms with Gasteiger partial charge in [-0.1, -0.05) is 0 Å². The molecule has 3 heterocycles. The summed E-state index contributed by atoms with van der Waals surface area (Å²) in [6, 6.07) is 5.70. The van der Waals surface area contributed by atoms with Gasteiger partial charge in [-0.2, -0.15) is 11.3 Å². The smallest absolute Gasteiger partial charge is 0.286 e. The Bertz CT molecular complexity index is 773. The molecule has 152 valence electrons. The number of hydrogen-bond acceptors (Lipinski definition) is 5. The van der Waals surface area contributed by atoms with Crippen LogP contribution in [0.25, 0.3) is 0 Å². The predicted molar refractivity (Wildman–Crippen MR) is 111 cm³/mol. The largest absolute Gasteiger partial charge is 0.459 e. The van der Waals surface area contributed by atoms with Crippen molar-refractivity contribution in [3.05, 3.63) is 46.5 Å². The minimum atomic E-state index is -0.279. The molecule has 6 nitrogen and oxygen atoms in total. The van der Waals surface area contributed by atoms with Crippen molar-refractivity contribution in [1.29, 1.82) is 0 Å². The fourth-order valence-corrected chi connectivity index (χ4v) is 4.76. The normalized spacial score (nSPS) is 19.6. The minimum Gasteiger partial charge on any atom is -0.459 e. The van der Waals surface area contributed by atoms with Crippen molar-refractivity contribution in [2.45, 2.75) is 38.3 Å². The van der Waals surface area contributed by atoms with Gasteiger partial charge in [-0.25, -0.2) is 0 Å². The third kappa shape index (κ3) is 4.59. The fourth-order valence-electron chi connectivity index (χ4n) is 4.10. The third-order valence-corrected chi connectivity index (χ3v) is 6.48. The van der Waals surface area contributed by atoms with Crippen LogP contribution in [-0.2, 0) is 11.3 Å². The van der Waals surface area contributed by atoms with Gasteiger partial charge in [0.2, 0.25) is 5.91 Å². The maximum Gasteiger partial charge on any atom is 0.286 e. The minimum absolute atomic E-state index is 0. The van der Waals surface area contributed by atoms with Crippen LogP contribution in [0.4, 0.5) is 0 Å². The van der Waals surface area contributed by atoms with Gasteiger partial charge in [0.15, 0.2) is 5.76 Å². The fraction of sp³-hybridized carbons (Fsp3) is 0.500. The molecule has 28 heavy (non-hydrogen) atoms. The number of halogens is 1. The topological polar surface area (TPSA) is 74.6 Å². The summed E-state index contributed by atoms with van der Waals surface area (Å²) in [5.41, 5.74) is 1.48. The first kappa shape index (κ1) is 20.9. The van der Waals surface area contributed by atoms with Gasteiger partial charge in [0.1, 0.15) is 0 Å². The summed E-state index contributed by atoms with van der Waals surface area (Å²) in [6.07, 6.45) is 5.15. The molecule has 1 aliphatic heterocycles. The van der Waals surface area contributed by atoms with Crippen molar-refractivity contribution in [2.24, 2.45) is 5.41 Å². The second kappa shape index (κ2) is 9.11. The molecule has 2 amide bonds. The Hall–Kier alpha value is -1.83. The van der Waals surface area contributed by atoms with Crippen molar-refractivity contribution < 1.29 is 14.0 Å². The lowest BCUT2D eigenvalue weighted by molar-refractivity contribution is -0.133. The number of hydrogen-bond donors (Lipinski definition) is 2. The zero-order valence-electron chi connectivity index (χ0n) is 15.7. The monoisotopic (exact) mass is 423 g/mol. The van der Waals surface area contributed by atoms with Crippen LogP contribution in [-0.4, -0.2) is 42.4 Å². The summed E-state index contributed by atoms with van der Waals surface area (Å²) in [6.45, 7) is 3.06. The van der Waals surface area contributed by atoms with E-state index in [-0.39, 0.29) is 30.0 Å². The first-order valence-corrected chi connectivity index (χ1v) is 10.5. The first-order chi connectivity index (χ1) is 13.2. The maximum absolute atomic E-state index is 13.0. The zero-order valence-corrected chi connectivity index (χ0v) is 17.3. The number of rotatable bonds is 7. The molecule has 1 spiro atoms. The molecule has 8 heteroatoms. The van der Waals surface area contributed by atoms with Crippen molar-refractivity contribution >= 4 is 35.6 Å². The summed E-state index contributed by atoms with van der Waals surface area (Å²) in [5, 5.41) is 10.3. The summed E-state index contributed by atoms with van der Waals surface area (Å²) < 4.78 is 5.08. The Morgan fingerprint density at radius 1 is 1.32 bits per heavy atom. The highest BCUT2D eigenvalue weighted by Crippen LogP contribution is 2.56. The van der Waals surface area contributed by atoms with E-state index < -0.39 is 0 Å². The number of piperidine rings is 1. The third-order valence-electron chi connectivity index (χ3n) is 5.74. The molecule has 1 unspecified atom stereocenters. The van der Waals surface area contributed by atoms with Crippen molar-refractivity contribution in [1.82, 2.24) is 15.5 Å². The predicted octanol–water partition coefficient (Wildman–Crippen LogP) is 3.05. The van der Waals surface area contributed by atoms with E-state index in [1.807, 2.05) is 4.90 Å². The molecule has 2 aliphatic rings. The Balaban J connectivity index is 0.00000225. The van der Waals surface area contributed by atoms with Crippen LogP contribution in [0, 0.1) is 5.41 Å². The van der Waals surface area contributed by atoms with Gasteiger partial charge >= 0.3 is 0 Å². The summed E-state index contributed by atoms with van der Waals surface area (Å²) >= 11 is 1.66. The molecule has 2 aromatic rings. The number of amides is 2. The number of thiophene rings is 1. The molecular weight excluding hydrogens is 398 g/mol. The molecule has 2 aromatic heterocycles. The molecule has 2 N–H and O–H groups in total. The Kier molecular flexibility index (Phi) is 6.80. The molecule has 0 aromatic carbocycles. The van der Waals surface area contributed by atoms with Gasteiger partial charge < -0.3 is 20.0 Å². The lowest BCUT2D eigenvalue weighted by atomic mass is 9.93. The van der Waals surface area contributed by atoms with E-state index in [0.29, 0.717) is 31.0 Å². The molecule has 0 radical (unpaired) electrons. The van der Waals surface area contributed by atoms with Gasteiger partial charge in [-0.05, 0) is 72.3 Å². The Morgan fingerprint density at radius 3 is 2.82 bits per heavy atom. The first-order valence-electron chi connectivity index (χ1n) is 9.51. The molecule has 2 fully saturated rings. The SMILES string of the molecule is Cl.O=C(NCCC(=O)N(Cc1ccsc1)C1CC12CCNCC2)c1ccco1. The molecule has 4 rings (SSSR count). The maximum atomic E-state index is 13.0. The van der Waals surface area contributed by atoms with E-state index in [4.69, 9.17) is 4.42 Å². The van der Waals surface area contributed by atoms with Crippen molar-refractivity contribution in [3.63, 3.8) is 0 Å². The average Bonchev–Trinajstić information content (AvgIpc) is 3.12. The van der Waals surface area contributed by atoms with E-state index in [1.165, 1.54) is 11.8 Å². The van der Waals surface area contributed by atoms with Crippen LogP contribution < -0.4 is 10.6 Å². The highest BCUT2D eigenvalue weighted by molar-refractivity contribution is 7.07. The molecule has 0 bridgehead atoms. The standard InChI is InChI=1S/C20H25N3O3S.ClH/c24-18(3-7-22-19(25)16-2-1-10-26-16)23(13-15-4-11-27-14-15)17-12-20(17)5-8-21-9-6-20;/h1-2,4,10-11,14,17,21H,3,5-9,12-13H2,(H,22,25);1H. The van der Waals surface area contributed by atoms with E-state index in [2.05, 4.69) is 27.5 Å². The van der Waals surface area contributed by atoms with Gasteiger partial charge in [0, 0.05) is 25.6 Å². The number of nitrogens with one attached hydrogen (secondary N) is 2. The van der Waals surface area contributed by atoms with Crippen LogP contribution in [0.1, 0.15) is 41.8 Å².